The molecule has 0 radical (unpaired) electrons. The van der Waals surface area contributed by atoms with E-state index in [-0.39, 0.29) is 0 Å². The van der Waals surface area contributed by atoms with Crippen molar-refractivity contribution in [2.45, 2.75) is 0 Å². The standard InChI is InChI=1S/C44H52B26O/c45-17-14-15(30(58)40(68)39(67)29(14)57)31(59)44-16(17)12-8(24(52)41(69)42(70)43(12)71-44)2-5-3(20(48)33(61)35(63)22(5)50)1(4-6(2)23(51)36(64)34(62)21(4)49)7-9-10(25(53)32(60)19(7)47)11-13(27(55)18(9)46)28(56)38(66)37(65)26(11)54/h45-70H2. The molecule has 0 spiro atoms. The molecule has 0 atom stereocenters. The predicted octanol–water partition coefficient (Wildman–Crippen LogP) is -32.6. The molecule has 1 heterocycles. The van der Waals surface area contributed by atoms with E-state index in [2.05, 4.69) is 204 Å². The number of hydrogen-bond donors (Lipinski definition) is 0. The quantitative estimate of drug-likeness (QED) is 0.0958. The Bertz CT molecular complexity index is 4210. The van der Waals surface area contributed by atoms with Gasteiger partial charge < -0.3 is 4.42 Å². The van der Waals surface area contributed by atoms with Crippen LogP contribution in [0.4, 0.5) is 0 Å². The van der Waals surface area contributed by atoms with Gasteiger partial charge in [-0.2, -0.15) is 0 Å². The minimum absolute atomic E-state index is 1.02. The van der Waals surface area contributed by atoms with Crippen LogP contribution in [0.1, 0.15) is 0 Å². The maximum atomic E-state index is 7.46. The van der Waals surface area contributed by atoms with Crippen LogP contribution in [0.2, 0.25) is 0 Å². The Morgan fingerprint density at radius 3 is 0.718 bits per heavy atom. The molecule has 1 nitrogen and oxygen atoms in total. The third-order valence-corrected chi connectivity index (χ3v) is 20.7. The predicted molar refractivity (Wildman–Crippen MR) is 405 cm³/mol. The summed E-state index contributed by atoms with van der Waals surface area (Å²) >= 11 is 0. The van der Waals surface area contributed by atoms with E-state index in [1.807, 2.05) is 0 Å². The van der Waals surface area contributed by atoms with Gasteiger partial charge in [-0.3, -0.25) is 0 Å². The van der Waals surface area contributed by atoms with Gasteiger partial charge in [0.1, 0.15) is 215 Å². The van der Waals surface area contributed by atoms with Crippen molar-refractivity contribution in [1.82, 2.24) is 0 Å². The van der Waals surface area contributed by atoms with E-state index in [4.69, 9.17) is 4.42 Å². The maximum absolute atomic E-state index is 7.46. The zero-order valence-electron chi connectivity index (χ0n) is 48.4. The van der Waals surface area contributed by atoms with Crippen molar-refractivity contribution in [3.05, 3.63) is 0 Å². The highest BCUT2D eigenvalue weighted by Crippen LogP contribution is 2.44. The van der Waals surface area contributed by atoms with Gasteiger partial charge in [-0.05, 0) is 81.6 Å². The molecule has 0 unspecified atom stereocenters. The number of benzene rings is 9. The summed E-state index contributed by atoms with van der Waals surface area (Å²) in [5.74, 6) is 0. The van der Waals surface area contributed by atoms with E-state index in [0.717, 1.165) is 11.2 Å². The van der Waals surface area contributed by atoms with Crippen LogP contribution < -0.4 is 142 Å². The SMILES string of the molecule is Bc1c(B)c(-c2c3c(B)c(B)c(B)c(B)c3c(-c3c(B)c(B)c(B)c4c3c(B)c(B)c3c(B)c(B)c(B)c(B)c34)c3c(B)c(B)c(B)c(B)c23)c2c(oc3c(B)c4c(B)c(B)c(B)c(B)c4c(B)c32)c1B. The Morgan fingerprint density at radius 2 is 0.338 bits per heavy atom. The smallest absolute Gasteiger partial charge is 0.145 e. The zero-order chi connectivity index (χ0) is 52.1. The molecule has 0 aliphatic heterocycles. The van der Waals surface area contributed by atoms with Gasteiger partial charge in [-0.25, -0.2) is 0 Å². The van der Waals surface area contributed by atoms with Gasteiger partial charge in [0, 0.05) is 10.8 Å². The average molecular weight is 878 g/mol. The van der Waals surface area contributed by atoms with E-state index in [0.29, 0.717) is 0 Å². The van der Waals surface area contributed by atoms with Crippen LogP contribution in [0.15, 0.2) is 4.42 Å². The molecule has 71 heavy (non-hydrogen) atoms. The van der Waals surface area contributed by atoms with Gasteiger partial charge in [0.25, 0.3) is 0 Å². The van der Waals surface area contributed by atoms with Crippen LogP contribution in [0.3, 0.4) is 0 Å². The molecule has 27 heteroatoms. The van der Waals surface area contributed by atoms with Crippen LogP contribution in [0.25, 0.3) is 98.1 Å². The fourth-order valence-electron chi connectivity index (χ4n) is 14.4. The minimum atomic E-state index is 1.02. The summed E-state index contributed by atoms with van der Waals surface area (Å²) in [7, 11) is 61.7. The highest BCUT2D eigenvalue weighted by atomic mass is 16.3. The lowest BCUT2D eigenvalue weighted by Crippen LogP contribution is -2.52. The lowest BCUT2D eigenvalue weighted by molar-refractivity contribution is 0.675. The molecule has 0 saturated carbocycles. The second kappa shape index (κ2) is 16.6. The van der Waals surface area contributed by atoms with Crippen LogP contribution in [0, 0.1) is 0 Å². The molecule has 312 valence electrons. The highest BCUT2D eigenvalue weighted by Gasteiger charge is 2.32. The molecule has 0 fully saturated rings. The first-order chi connectivity index (χ1) is 33.2. The lowest BCUT2D eigenvalue weighted by atomic mass is 9.56. The van der Waals surface area contributed by atoms with Crippen molar-refractivity contribution in [2.24, 2.45) is 0 Å². The third-order valence-electron chi connectivity index (χ3n) is 20.7. The molecule has 0 bridgehead atoms. The summed E-state index contributed by atoms with van der Waals surface area (Å²) in [6.45, 7) is 0. The van der Waals surface area contributed by atoms with Crippen molar-refractivity contribution in [2.75, 3.05) is 0 Å². The molecule has 9 aromatic carbocycles. The first-order valence-corrected chi connectivity index (χ1v) is 26.4. The Morgan fingerprint density at radius 1 is 0.127 bits per heavy atom. The third kappa shape index (κ3) is 6.20. The normalized spacial score (nSPS) is 12.0. The monoisotopic (exact) mass is 883 g/mol. The maximum Gasteiger partial charge on any atom is 0.145 e. The lowest BCUT2D eigenvalue weighted by Gasteiger charge is -2.32. The van der Waals surface area contributed by atoms with Gasteiger partial charge in [0.2, 0.25) is 0 Å². The molecule has 10 aromatic rings. The zero-order valence-corrected chi connectivity index (χ0v) is 48.4. The summed E-state index contributed by atoms with van der Waals surface area (Å²) in [5.41, 5.74) is 43.1. The largest absolute Gasteiger partial charge is 0.457 e. The van der Waals surface area contributed by atoms with E-state index in [1.54, 1.807) is 0 Å². The second-order valence-corrected chi connectivity index (χ2v) is 23.0. The first kappa shape index (κ1) is 50.3. The van der Waals surface area contributed by atoms with E-state index < -0.39 is 0 Å². The van der Waals surface area contributed by atoms with Crippen molar-refractivity contribution in [1.29, 1.82) is 0 Å². The van der Waals surface area contributed by atoms with Crippen LogP contribution in [-0.2, 0) is 0 Å². The number of hydrogen-bond acceptors (Lipinski definition) is 1. The Kier molecular flexibility index (Phi) is 11.8. The Hall–Kier alpha value is -4.23. The van der Waals surface area contributed by atoms with Crippen LogP contribution in [-0.4, -0.2) is 204 Å². The van der Waals surface area contributed by atoms with E-state index in [1.165, 1.54) is 229 Å². The van der Waals surface area contributed by atoms with Crippen molar-refractivity contribution in [3.8, 4) is 22.3 Å². The fourth-order valence-corrected chi connectivity index (χ4v) is 14.4. The fraction of sp³-hybridized carbons (Fsp3) is 0. The molecule has 0 N–H and O–H groups in total. The topological polar surface area (TPSA) is 13.1 Å². The minimum Gasteiger partial charge on any atom is -0.457 e. The Balaban J connectivity index is 1.59. The molecule has 0 saturated heterocycles. The van der Waals surface area contributed by atoms with E-state index >= 15 is 0 Å². The van der Waals surface area contributed by atoms with Crippen molar-refractivity contribution in [3.63, 3.8) is 0 Å². The summed E-state index contributed by atoms with van der Waals surface area (Å²) in [6.07, 6.45) is 0. The number of rotatable bonds is 2. The van der Waals surface area contributed by atoms with Gasteiger partial charge >= 0.3 is 0 Å². The summed E-state index contributed by atoms with van der Waals surface area (Å²) < 4.78 is 7.46. The van der Waals surface area contributed by atoms with Gasteiger partial charge in [-0.15, -0.1) is 49.2 Å². The number of furan rings is 1. The molecule has 0 aliphatic rings. The van der Waals surface area contributed by atoms with Crippen molar-refractivity contribution < 1.29 is 4.42 Å². The molecule has 1 aromatic heterocycles. The van der Waals surface area contributed by atoms with Crippen LogP contribution >= 0.6 is 0 Å². The van der Waals surface area contributed by atoms with Crippen LogP contribution in [0.5, 0.6) is 0 Å². The van der Waals surface area contributed by atoms with Gasteiger partial charge in [0.15, 0.2) is 0 Å². The molecule has 0 aliphatic carbocycles. The molecule has 0 amide bonds. The van der Waals surface area contributed by atoms with Crippen molar-refractivity contribution >= 4 is 422 Å². The highest BCUT2D eigenvalue weighted by molar-refractivity contribution is 6.78. The second-order valence-electron chi connectivity index (χ2n) is 23.0. The Labute approximate surface area is 445 Å². The summed E-state index contributed by atoms with van der Waals surface area (Å²) in [4.78, 5) is 0. The average Bonchev–Trinajstić information content (AvgIpc) is 3.75. The van der Waals surface area contributed by atoms with Gasteiger partial charge in [0.05, 0.1) is 0 Å². The van der Waals surface area contributed by atoms with Gasteiger partial charge in [-0.1, -0.05) is 87.4 Å². The molecule has 10 rings (SSSR count). The van der Waals surface area contributed by atoms with E-state index in [9.17, 15) is 0 Å². The summed E-state index contributed by atoms with van der Waals surface area (Å²) in [6, 6.07) is 0. The first-order valence-electron chi connectivity index (χ1n) is 26.4. The molecular weight excluding hydrogens is 826 g/mol. The molecular formula is C44H52B26O. The number of fused-ring (bicyclic) bond motifs is 9. The summed E-state index contributed by atoms with van der Waals surface area (Å²) in [5, 5.41) is 16.5.